The summed E-state index contributed by atoms with van der Waals surface area (Å²) in [5.74, 6) is 0. The molecule has 2 fully saturated rings. The number of rotatable bonds is 10. The van der Waals surface area contributed by atoms with Gasteiger partial charge < -0.3 is 54.7 Å². The van der Waals surface area contributed by atoms with Crippen LogP contribution in [0.4, 0.5) is 0 Å². The Morgan fingerprint density at radius 1 is 0.690 bits per heavy atom. The molecular formula is C18H34O11. The van der Waals surface area contributed by atoms with Crippen LogP contribution in [0.5, 0.6) is 0 Å². The quantitative estimate of drug-likeness (QED) is 0.180. The van der Waals surface area contributed by atoms with E-state index < -0.39 is 74.6 Å². The van der Waals surface area contributed by atoms with E-state index in [1.54, 1.807) is 0 Å². The third kappa shape index (κ3) is 6.05. The topological polar surface area (TPSA) is 179 Å². The molecule has 11 heteroatoms. The maximum Gasteiger partial charge on any atom is 0.187 e. The van der Waals surface area contributed by atoms with E-state index in [0.717, 1.165) is 25.7 Å². The van der Waals surface area contributed by atoms with Gasteiger partial charge in [0.1, 0.15) is 48.8 Å². The van der Waals surface area contributed by atoms with Crippen molar-refractivity contribution < 1.29 is 54.7 Å². The summed E-state index contributed by atoms with van der Waals surface area (Å²) in [6.07, 6.45) is -10.5. The summed E-state index contributed by atoms with van der Waals surface area (Å²) in [5.41, 5.74) is 0. The SMILES string of the molecule is CCCCCCO[C@@H]1O[C@H](CO)[C@H](O)[C@@H](O)[C@H]1O[C@@H]1O[C@H](CO)[C@@H](O)[C@@H](O)[C@H]1O. The van der Waals surface area contributed by atoms with E-state index in [2.05, 4.69) is 6.92 Å². The Hall–Kier alpha value is -0.440. The van der Waals surface area contributed by atoms with Gasteiger partial charge in [-0.3, -0.25) is 0 Å². The summed E-state index contributed by atoms with van der Waals surface area (Å²) in [6, 6.07) is 0. The first-order valence-corrected chi connectivity index (χ1v) is 10.1. The number of hydrogen-bond acceptors (Lipinski definition) is 11. The van der Waals surface area contributed by atoms with Gasteiger partial charge in [0.15, 0.2) is 12.6 Å². The summed E-state index contributed by atoms with van der Waals surface area (Å²) >= 11 is 0. The van der Waals surface area contributed by atoms with Gasteiger partial charge in [-0.15, -0.1) is 0 Å². The first kappa shape index (κ1) is 24.8. The fourth-order valence-electron chi connectivity index (χ4n) is 3.40. The van der Waals surface area contributed by atoms with Crippen molar-refractivity contribution in [3.8, 4) is 0 Å². The second kappa shape index (κ2) is 11.8. The molecule has 0 aliphatic carbocycles. The molecule has 2 aliphatic heterocycles. The molecule has 0 saturated carbocycles. The average molecular weight is 426 g/mol. The smallest absolute Gasteiger partial charge is 0.187 e. The zero-order chi connectivity index (χ0) is 21.6. The second-order valence-corrected chi connectivity index (χ2v) is 7.44. The standard InChI is InChI=1S/C18H34O11/c1-2-3-4-5-6-26-18-16(14(24)12(22)10(8-20)28-18)29-17-15(25)13(23)11(21)9(7-19)27-17/h9-25H,2-8H2,1H3/t9-,10-,11-,12+,13-,14-,15-,16-,17+,18-/m1/s1. The molecule has 0 aromatic carbocycles. The van der Waals surface area contributed by atoms with Crippen LogP contribution in [0.1, 0.15) is 32.6 Å². The van der Waals surface area contributed by atoms with Crippen LogP contribution >= 0.6 is 0 Å². The third-order valence-corrected chi connectivity index (χ3v) is 5.24. The summed E-state index contributed by atoms with van der Waals surface area (Å²) < 4.78 is 22.0. The van der Waals surface area contributed by atoms with E-state index >= 15 is 0 Å². The van der Waals surface area contributed by atoms with Crippen LogP contribution in [0.2, 0.25) is 0 Å². The molecule has 0 radical (unpaired) electrons. The van der Waals surface area contributed by atoms with E-state index in [1.165, 1.54) is 0 Å². The van der Waals surface area contributed by atoms with Gasteiger partial charge in [-0.25, -0.2) is 0 Å². The molecule has 0 bridgehead atoms. The summed E-state index contributed by atoms with van der Waals surface area (Å²) in [6.45, 7) is 1.15. The molecule has 0 unspecified atom stereocenters. The molecule has 7 N–H and O–H groups in total. The predicted octanol–water partition coefficient (Wildman–Crippen LogP) is -2.79. The van der Waals surface area contributed by atoms with Crippen molar-refractivity contribution in [3.05, 3.63) is 0 Å². The Morgan fingerprint density at radius 2 is 1.28 bits per heavy atom. The lowest BCUT2D eigenvalue weighted by Gasteiger charge is -2.45. The molecule has 11 nitrogen and oxygen atoms in total. The van der Waals surface area contributed by atoms with Crippen molar-refractivity contribution >= 4 is 0 Å². The van der Waals surface area contributed by atoms with Crippen LogP contribution in [0.25, 0.3) is 0 Å². The molecule has 0 aromatic rings. The Labute approximate surface area is 169 Å². The summed E-state index contributed by atoms with van der Waals surface area (Å²) in [4.78, 5) is 0. The van der Waals surface area contributed by atoms with E-state index in [-0.39, 0.29) is 6.61 Å². The van der Waals surface area contributed by atoms with Crippen molar-refractivity contribution in [2.24, 2.45) is 0 Å². The normalized spacial score (nSPS) is 43.4. The van der Waals surface area contributed by atoms with Gasteiger partial charge in [-0.05, 0) is 6.42 Å². The number of aliphatic hydroxyl groups is 7. The molecule has 2 heterocycles. The van der Waals surface area contributed by atoms with Crippen molar-refractivity contribution in [2.45, 2.75) is 94.0 Å². The first-order valence-electron chi connectivity index (χ1n) is 10.1. The first-order chi connectivity index (χ1) is 13.8. The fourth-order valence-corrected chi connectivity index (χ4v) is 3.40. The molecule has 29 heavy (non-hydrogen) atoms. The van der Waals surface area contributed by atoms with Gasteiger partial charge in [-0.2, -0.15) is 0 Å². The van der Waals surface area contributed by atoms with E-state index in [0.29, 0.717) is 0 Å². The monoisotopic (exact) mass is 426 g/mol. The van der Waals surface area contributed by atoms with Crippen molar-refractivity contribution in [1.82, 2.24) is 0 Å². The van der Waals surface area contributed by atoms with Crippen LogP contribution in [-0.4, -0.2) is 117 Å². The number of ether oxygens (including phenoxy) is 4. The Kier molecular flexibility index (Phi) is 10.1. The number of unbranched alkanes of at least 4 members (excludes halogenated alkanes) is 3. The van der Waals surface area contributed by atoms with Gasteiger partial charge in [-0.1, -0.05) is 26.2 Å². The number of aliphatic hydroxyl groups excluding tert-OH is 7. The highest BCUT2D eigenvalue weighted by molar-refractivity contribution is 4.93. The van der Waals surface area contributed by atoms with Crippen LogP contribution in [0.15, 0.2) is 0 Å². The van der Waals surface area contributed by atoms with Gasteiger partial charge >= 0.3 is 0 Å². The lowest BCUT2D eigenvalue weighted by molar-refractivity contribution is -0.367. The molecule has 0 aromatic heterocycles. The molecule has 172 valence electrons. The molecule has 10 atom stereocenters. The Morgan fingerprint density at radius 3 is 1.86 bits per heavy atom. The minimum Gasteiger partial charge on any atom is -0.394 e. The van der Waals surface area contributed by atoms with Crippen molar-refractivity contribution in [3.63, 3.8) is 0 Å². The van der Waals surface area contributed by atoms with E-state index in [4.69, 9.17) is 18.9 Å². The van der Waals surface area contributed by atoms with Gasteiger partial charge in [0.2, 0.25) is 0 Å². The highest BCUT2D eigenvalue weighted by Gasteiger charge is 2.50. The van der Waals surface area contributed by atoms with Crippen LogP contribution in [-0.2, 0) is 18.9 Å². The highest BCUT2D eigenvalue weighted by atomic mass is 16.8. The largest absolute Gasteiger partial charge is 0.394 e. The predicted molar refractivity (Wildman–Crippen MR) is 96.5 cm³/mol. The van der Waals surface area contributed by atoms with Gasteiger partial charge in [0.05, 0.1) is 13.2 Å². The molecule has 2 rings (SSSR count). The molecule has 2 saturated heterocycles. The fraction of sp³-hybridized carbons (Fsp3) is 1.00. The van der Waals surface area contributed by atoms with Crippen molar-refractivity contribution in [1.29, 1.82) is 0 Å². The van der Waals surface area contributed by atoms with Gasteiger partial charge in [0.25, 0.3) is 0 Å². The summed E-state index contributed by atoms with van der Waals surface area (Å²) in [7, 11) is 0. The minimum absolute atomic E-state index is 0.278. The number of hydrogen-bond donors (Lipinski definition) is 7. The third-order valence-electron chi connectivity index (χ3n) is 5.24. The van der Waals surface area contributed by atoms with Crippen molar-refractivity contribution in [2.75, 3.05) is 19.8 Å². The average Bonchev–Trinajstić information content (AvgIpc) is 2.72. The zero-order valence-corrected chi connectivity index (χ0v) is 16.5. The highest BCUT2D eigenvalue weighted by Crippen LogP contribution is 2.29. The lowest BCUT2D eigenvalue weighted by atomic mass is 9.97. The molecule has 0 spiro atoms. The lowest BCUT2D eigenvalue weighted by Crippen LogP contribution is -2.64. The van der Waals surface area contributed by atoms with E-state index in [9.17, 15) is 35.7 Å². The molecular weight excluding hydrogens is 392 g/mol. The van der Waals surface area contributed by atoms with Gasteiger partial charge in [0, 0.05) is 6.61 Å². The second-order valence-electron chi connectivity index (χ2n) is 7.44. The van der Waals surface area contributed by atoms with Crippen LogP contribution < -0.4 is 0 Å². The Bertz CT molecular complexity index is 465. The molecule has 2 aliphatic rings. The maximum atomic E-state index is 10.5. The van der Waals surface area contributed by atoms with Crippen LogP contribution in [0, 0.1) is 0 Å². The Balaban J connectivity index is 2.07. The minimum atomic E-state index is -1.68. The molecule has 0 amide bonds. The van der Waals surface area contributed by atoms with Crippen LogP contribution in [0.3, 0.4) is 0 Å². The zero-order valence-electron chi connectivity index (χ0n) is 16.5. The summed E-state index contributed by atoms with van der Waals surface area (Å²) in [5, 5.41) is 69.2. The van der Waals surface area contributed by atoms with E-state index in [1.807, 2.05) is 0 Å². The maximum absolute atomic E-state index is 10.5.